The zero-order valence-corrected chi connectivity index (χ0v) is 21.3. The van der Waals surface area contributed by atoms with Gasteiger partial charge in [-0.25, -0.2) is 8.42 Å². The van der Waals surface area contributed by atoms with Gasteiger partial charge in [0.2, 0.25) is 10.0 Å². The number of anilines is 1. The number of sulfonamides is 1. The number of benzene rings is 3. The number of hydrogen-bond donors (Lipinski definition) is 0. The normalized spacial score (nSPS) is 18.4. The average molecular weight is 532 g/mol. The molecule has 10 heteroatoms. The smallest absolute Gasteiger partial charge is 0.262 e. The number of morpholine rings is 1. The van der Waals surface area contributed by atoms with E-state index in [1.54, 1.807) is 71.6 Å². The van der Waals surface area contributed by atoms with Crippen molar-refractivity contribution < 1.29 is 27.5 Å². The lowest BCUT2D eigenvalue weighted by atomic mass is 10.0. The van der Waals surface area contributed by atoms with Crippen molar-refractivity contribution in [3.05, 3.63) is 95.1 Å². The Morgan fingerprint density at radius 2 is 1.45 bits per heavy atom. The Kier molecular flexibility index (Phi) is 6.10. The molecule has 9 nitrogen and oxygen atoms in total. The van der Waals surface area contributed by atoms with E-state index in [4.69, 9.17) is 4.74 Å². The Hall–Kier alpha value is -3.86. The lowest BCUT2D eigenvalue weighted by Crippen LogP contribution is -2.45. The van der Waals surface area contributed by atoms with E-state index < -0.39 is 33.8 Å². The van der Waals surface area contributed by atoms with Crippen LogP contribution < -0.4 is 4.90 Å². The minimum Gasteiger partial charge on any atom is -0.379 e. The first-order valence-electron chi connectivity index (χ1n) is 12.4. The molecular weight excluding hydrogens is 506 g/mol. The third-order valence-electron chi connectivity index (χ3n) is 7.25. The van der Waals surface area contributed by atoms with Gasteiger partial charge in [0.1, 0.15) is 6.04 Å². The van der Waals surface area contributed by atoms with E-state index in [2.05, 4.69) is 0 Å². The molecule has 3 aliphatic heterocycles. The SMILES string of the molecule is O=C(C(c1ccccc1)N1C(=O)c2ccccc2C1=O)N1CCc2cc(S(=O)(=O)N3CCOCC3)ccc21. The van der Waals surface area contributed by atoms with Gasteiger partial charge in [-0.15, -0.1) is 0 Å². The minimum absolute atomic E-state index is 0.174. The molecule has 0 N–H and O–H groups in total. The molecule has 3 heterocycles. The van der Waals surface area contributed by atoms with Crippen LogP contribution >= 0.6 is 0 Å². The largest absolute Gasteiger partial charge is 0.379 e. The number of hydrogen-bond acceptors (Lipinski definition) is 6. The summed E-state index contributed by atoms with van der Waals surface area (Å²) in [6, 6.07) is 18.9. The molecule has 3 aromatic carbocycles. The predicted octanol–water partition coefficient (Wildman–Crippen LogP) is 2.63. The van der Waals surface area contributed by atoms with E-state index >= 15 is 0 Å². The van der Waals surface area contributed by atoms with Crippen LogP contribution in [0.5, 0.6) is 0 Å². The van der Waals surface area contributed by atoms with Crippen LogP contribution in [0.15, 0.2) is 77.7 Å². The van der Waals surface area contributed by atoms with Crippen molar-refractivity contribution in [2.24, 2.45) is 0 Å². The Balaban J connectivity index is 1.35. The molecule has 0 aromatic heterocycles. The van der Waals surface area contributed by atoms with Crippen molar-refractivity contribution in [2.45, 2.75) is 17.4 Å². The van der Waals surface area contributed by atoms with Crippen LogP contribution in [-0.2, 0) is 26.0 Å². The second-order valence-corrected chi connectivity index (χ2v) is 11.3. The van der Waals surface area contributed by atoms with E-state index in [1.807, 2.05) is 0 Å². The lowest BCUT2D eigenvalue weighted by Gasteiger charge is -2.30. The van der Waals surface area contributed by atoms with Gasteiger partial charge in [0, 0.05) is 25.3 Å². The van der Waals surface area contributed by atoms with Gasteiger partial charge in [0.05, 0.1) is 29.2 Å². The zero-order chi connectivity index (χ0) is 26.4. The number of fused-ring (bicyclic) bond motifs is 2. The van der Waals surface area contributed by atoms with Gasteiger partial charge in [-0.1, -0.05) is 42.5 Å². The fourth-order valence-electron chi connectivity index (χ4n) is 5.33. The van der Waals surface area contributed by atoms with Crippen LogP contribution in [0.25, 0.3) is 0 Å². The molecule has 1 unspecified atom stereocenters. The first kappa shape index (κ1) is 24.5. The van der Waals surface area contributed by atoms with Crippen molar-refractivity contribution in [2.75, 3.05) is 37.7 Å². The summed E-state index contributed by atoms with van der Waals surface area (Å²) in [5.41, 5.74) is 2.36. The van der Waals surface area contributed by atoms with Crippen LogP contribution in [0.4, 0.5) is 5.69 Å². The molecule has 0 aliphatic carbocycles. The Morgan fingerprint density at radius 1 is 0.816 bits per heavy atom. The summed E-state index contributed by atoms with van der Waals surface area (Å²) >= 11 is 0. The Labute approximate surface area is 220 Å². The van der Waals surface area contributed by atoms with E-state index in [1.165, 1.54) is 10.4 Å². The van der Waals surface area contributed by atoms with Crippen molar-refractivity contribution in [1.82, 2.24) is 9.21 Å². The van der Waals surface area contributed by atoms with Gasteiger partial charge >= 0.3 is 0 Å². The standard InChI is InChI=1S/C28H25N3O6S/c32-26-22-8-4-5-9-23(22)27(33)31(26)25(19-6-2-1-3-7-19)28(34)30-13-12-20-18-21(10-11-24(20)30)38(35,36)29-14-16-37-17-15-29/h1-11,18,25H,12-17H2. The summed E-state index contributed by atoms with van der Waals surface area (Å²) in [5, 5.41) is 0. The van der Waals surface area contributed by atoms with Gasteiger partial charge in [-0.3, -0.25) is 19.3 Å². The molecule has 3 aliphatic rings. The fraction of sp³-hybridized carbons (Fsp3) is 0.250. The quantitative estimate of drug-likeness (QED) is 0.469. The Morgan fingerprint density at radius 3 is 2.11 bits per heavy atom. The maximum Gasteiger partial charge on any atom is 0.262 e. The van der Waals surface area contributed by atoms with E-state index in [0.29, 0.717) is 50.5 Å². The number of imide groups is 1. The summed E-state index contributed by atoms with van der Waals surface area (Å²) in [6.07, 6.45) is 0.456. The first-order valence-corrected chi connectivity index (χ1v) is 13.9. The van der Waals surface area contributed by atoms with Crippen molar-refractivity contribution in [3.63, 3.8) is 0 Å². The van der Waals surface area contributed by atoms with E-state index in [9.17, 15) is 22.8 Å². The maximum absolute atomic E-state index is 14.1. The predicted molar refractivity (Wildman–Crippen MR) is 138 cm³/mol. The highest BCUT2D eigenvalue weighted by atomic mass is 32.2. The van der Waals surface area contributed by atoms with Crippen molar-refractivity contribution >= 4 is 33.4 Å². The van der Waals surface area contributed by atoms with Crippen LogP contribution in [0.1, 0.15) is 37.9 Å². The van der Waals surface area contributed by atoms with Crippen molar-refractivity contribution in [3.8, 4) is 0 Å². The molecule has 6 rings (SSSR count). The summed E-state index contributed by atoms with van der Waals surface area (Å²) in [5.74, 6) is -1.45. The molecule has 0 bridgehead atoms. The minimum atomic E-state index is -3.69. The monoisotopic (exact) mass is 531 g/mol. The highest BCUT2D eigenvalue weighted by Gasteiger charge is 2.45. The van der Waals surface area contributed by atoms with Crippen LogP contribution in [0, 0.1) is 0 Å². The molecule has 194 valence electrons. The number of rotatable bonds is 5. The summed E-state index contributed by atoms with van der Waals surface area (Å²) < 4.78 is 33.0. The molecule has 0 spiro atoms. The van der Waals surface area contributed by atoms with E-state index in [-0.39, 0.29) is 16.0 Å². The summed E-state index contributed by atoms with van der Waals surface area (Å²) in [7, 11) is -3.69. The molecule has 0 radical (unpaired) electrons. The number of carbonyl (C=O) groups excluding carboxylic acids is 3. The molecule has 1 saturated heterocycles. The third kappa shape index (κ3) is 3.92. The molecule has 1 atom stereocenters. The second-order valence-electron chi connectivity index (χ2n) is 9.39. The second kappa shape index (κ2) is 9.46. The van der Waals surface area contributed by atoms with Gasteiger partial charge in [-0.2, -0.15) is 4.31 Å². The van der Waals surface area contributed by atoms with Gasteiger partial charge < -0.3 is 9.64 Å². The highest BCUT2D eigenvalue weighted by Crippen LogP contribution is 2.37. The highest BCUT2D eigenvalue weighted by molar-refractivity contribution is 7.89. The third-order valence-corrected chi connectivity index (χ3v) is 9.15. The van der Waals surface area contributed by atoms with Gasteiger partial charge in [0.25, 0.3) is 17.7 Å². The van der Waals surface area contributed by atoms with Crippen LogP contribution in [0.3, 0.4) is 0 Å². The molecule has 1 fully saturated rings. The molecule has 0 saturated carbocycles. The average Bonchev–Trinajstić information content (AvgIpc) is 3.49. The summed E-state index contributed by atoms with van der Waals surface area (Å²) in [4.78, 5) is 43.6. The molecule has 3 amide bonds. The topological polar surface area (TPSA) is 104 Å². The van der Waals surface area contributed by atoms with Crippen LogP contribution in [0.2, 0.25) is 0 Å². The number of ether oxygens (including phenoxy) is 1. The molecular formula is C28H25N3O6S. The van der Waals surface area contributed by atoms with Gasteiger partial charge in [0.15, 0.2) is 0 Å². The maximum atomic E-state index is 14.1. The number of amides is 3. The number of carbonyl (C=O) groups is 3. The first-order chi connectivity index (χ1) is 18.4. The fourth-order valence-corrected chi connectivity index (χ4v) is 6.79. The number of nitrogens with zero attached hydrogens (tertiary/aromatic N) is 3. The van der Waals surface area contributed by atoms with Crippen LogP contribution in [-0.4, -0.2) is 68.2 Å². The zero-order valence-electron chi connectivity index (χ0n) is 20.4. The van der Waals surface area contributed by atoms with Crippen molar-refractivity contribution in [1.29, 1.82) is 0 Å². The summed E-state index contributed by atoms with van der Waals surface area (Å²) in [6.45, 7) is 1.60. The lowest BCUT2D eigenvalue weighted by molar-refractivity contribution is -0.122. The van der Waals surface area contributed by atoms with Gasteiger partial charge in [-0.05, 0) is 47.9 Å². The molecule has 38 heavy (non-hydrogen) atoms. The molecule has 3 aromatic rings. The Bertz CT molecular complexity index is 1510. The van der Waals surface area contributed by atoms with E-state index in [0.717, 1.165) is 10.5 Å².